The van der Waals surface area contributed by atoms with E-state index in [0.29, 0.717) is 42.6 Å². The Labute approximate surface area is 206 Å². The third kappa shape index (κ3) is 5.53. The molecular weight excluding hydrogens is 478 g/mol. The third-order valence-electron chi connectivity index (χ3n) is 6.67. The number of ether oxygens (including phenoxy) is 1. The van der Waals surface area contributed by atoms with Gasteiger partial charge in [-0.3, -0.25) is 9.78 Å². The van der Waals surface area contributed by atoms with Crippen molar-refractivity contribution in [2.24, 2.45) is 5.41 Å². The number of thiophene rings is 1. The van der Waals surface area contributed by atoms with Gasteiger partial charge < -0.3 is 14.7 Å². The average Bonchev–Trinajstić information content (AvgIpc) is 3.36. The summed E-state index contributed by atoms with van der Waals surface area (Å²) in [5.74, 6) is -0.185. The maximum atomic E-state index is 15.4. The third-order valence-corrected chi connectivity index (χ3v) is 8.78. The van der Waals surface area contributed by atoms with Gasteiger partial charge >= 0.3 is 5.97 Å². The number of hydrogen-bond donors (Lipinski definition) is 1. The second-order valence-electron chi connectivity index (χ2n) is 8.62. The standard InChI is InChI=1S/C25H28F2N2O3S2/c1-32-17-4-5-21-18(15-17)23(20(27)16-28-21)19(26)6-7-25(24(30)31)8-10-29(11-9-25)12-14-34-22-3-2-13-33-22/h2-5,13,15-16,19H,6-12,14H2,1H3,(H,30,31). The fourth-order valence-corrected chi connectivity index (χ4v) is 6.42. The SMILES string of the molecule is COc1ccc2ncc(F)c(C(F)CCC3(C(=O)O)CCN(CCSc4cccs4)CC3)c2c1. The van der Waals surface area contributed by atoms with Gasteiger partial charge in [0.25, 0.3) is 0 Å². The lowest BCUT2D eigenvalue weighted by Gasteiger charge is -2.39. The molecule has 1 unspecified atom stereocenters. The first-order valence-corrected chi connectivity index (χ1v) is 13.2. The van der Waals surface area contributed by atoms with Crippen LogP contribution in [0.5, 0.6) is 5.75 Å². The molecule has 0 amide bonds. The van der Waals surface area contributed by atoms with Gasteiger partial charge in [0.1, 0.15) is 17.7 Å². The summed E-state index contributed by atoms with van der Waals surface area (Å²) < 4.78 is 36.5. The minimum atomic E-state index is -1.63. The number of methoxy groups -OCH3 is 1. The van der Waals surface area contributed by atoms with Gasteiger partial charge in [0.2, 0.25) is 0 Å². The molecule has 5 nitrogen and oxygen atoms in total. The van der Waals surface area contributed by atoms with E-state index in [-0.39, 0.29) is 18.4 Å². The quantitative estimate of drug-likeness (QED) is 0.331. The van der Waals surface area contributed by atoms with Crippen LogP contribution in [0.2, 0.25) is 0 Å². The Morgan fingerprint density at radius 3 is 2.82 bits per heavy atom. The van der Waals surface area contributed by atoms with Crippen molar-refractivity contribution in [1.82, 2.24) is 9.88 Å². The summed E-state index contributed by atoms with van der Waals surface area (Å²) in [5.41, 5.74) is -0.590. The number of carbonyl (C=O) groups is 1. The van der Waals surface area contributed by atoms with Crippen LogP contribution in [0, 0.1) is 11.2 Å². The molecule has 3 aromatic rings. The zero-order valence-electron chi connectivity index (χ0n) is 19.0. The van der Waals surface area contributed by atoms with E-state index < -0.39 is 23.4 Å². The van der Waals surface area contributed by atoms with E-state index in [1.54, 1.807) is 41.3 Å². The Kier molecular flexibility index (Phi) is 8.06. The maximum absolute atomic E-state index is 15.4. The number of halogens is 2. The highest BCUT2D eigenvalue weighted by atomic mass is 32.2. The summed E-state index contributed by atoms with van der Waals surface area (Å²) in [5, 5.41) is 12.4. The molecule has 1 aliphatic heterocycles. The lowest BCUT2D eigenvalue weighted by molar-refractivity contribution is -0.153. The van der Waals surface area contributed by atoms with Crippen LogP contribution in [-0.2, 0) is 4.79 Å². The fraction of sp³-hybridized carbons (Fsp3) is 0.440. The van der Waals surface area contributed by atoms with Gasteiger partial charge in [-0.05, 0) is 68.4 Å². The van der Waals surface area contributed by atoms with Crippen molar-refractivity contribution >= 4 is 40.0 Å². The van der Waals surface area contributed by atoms with Gasteiger partial charge in [-0.25, -0.2) is 8.78 Å². The van der Waals surface area contributed by atoms with E-state index in [0.717, 1.165) is 18.5 Å². The van der Waals surface area contributed by atoms with Crippen molar-refractivity contribution in [3.8, 4) is 5.75 Å². The fourth-order valence-electron chi connectivity index (χ4n) is 4.56. The Hall–Kier alpha value is -2.23. The lowest BCUT2D eigenvalue weighted by atomic mass is 9.74. The number of aromatic nitrogens is 1. The van der Waals surface area contributed by atoms with Crippen molar-refractivity contribution in [3.63, 3.8) is 0 Å². The summed E-state index contributed by atoms with van der Waals surface area (Å²) in [6.45, 7) is 2.22. The van der Waals surface area contributed by atoms with Crippen molar-refractivity contribution < 1.29 is 23.4 Å². The van der Waals surface area contributed by atoms with E-state index in [4.69, 9.17) is 4.74 Å². The van der Waals surface area contributed by atoms with Gasteiger partial charge in [-0.15, -0.1) is 23.1 Å². The molecule has 0 spiro atoms. The highest BCUT2D eigenvalue weighted by Crippen LogP contribution is 2.41. The zero-order chi connectivity index (χ0) is 24.1. The number of aliphatic carboxylic acids is 1. The summed E-state index contributed by atoms with van der Waals surface area (Å²) in [4.78, 5) is 18.5. The lowest BCUT2D eigenvalue weighted by Crippen LogP contribution is -2.45. The second kappa shape index (κ2) is 11.0. The Balaban J connectivity index is 1.39. The maximum Gasteiger partial charge on any atom is 0.309 e. The van der Waals surface area contributed by atoms with E-state index >= 15 is 4.39 Å². The normalized spacial score (nSPS) is 17.0. The molecule has 0 aliphatic carbocycles. The number of likely N-dealkylation sites (tertiary alicyclic amines) is 1. The van der Waals surface area contributed by atoms with Crippen molar-refractivity contribution in [1.29, 1.82) is 0 Å². The first-order valence-electron chi connectivity index (χ1n) is 11.3. The Bertz CT molecular complexity index is 1120. The van der Waals surface area contributed by atoms with Crippen LogP contribution in [0.15, 0.2) is 46.1 Å². The molecule has 1 aromatic carbocycles. The second-order valence-corrected chi connectivity index (χ2v) is 11.0. The minimum absolute atomic E-state index is 0.0617. The molecule has 3 heterocycles. The first-order chi connectivity index (χ1) is 16.4. The summed E-state index contributed by atoms with van der Waals surface area (Å²) in [7, 11) is 1.49. The molecule has 0 saturated carbocycles. The first kappa shape index (κ1) is 24.9. The molecule has 0 bridgehead atoms. The molecule has 1 fully saturated rings. The van der Waals surface area contributed by atoms with E-state index in [1.165, 1.54) is 11.3 Å². The van der Waals surface area contributed by atoms with Crippen LogP contribution in [0.4, 0.5) is 8.78 Å². The van der Waals surface area contributed by atoms with Gasteiger partial charge in [-0.2, -0.15) is 0 Å². The van der Waals surface area contributed by atoms with E-state index in [9.17, 15) is 14.3 Å². The van der Waals surface area contributed by atoms with Gasteiger partial charge in [0, 0.05) is 23.2 Å². The molecule has 182 valence electrons. The Morgan fingerprint density at radius 2 is 2.15 bits per heavy atom. The summed E-state index contributed by atoms with van der Waals surface area (Å²) in [6.07, 6.45) is 0.422. The molecule has 1 saturated heterocycles. The molecule has 1 atom stereocenters. The van der Waals surface area contributed by atoms with Gasteiger partial charge in [0.15, 0.2) is 0 Å². The summed E-state index contributed by atoms with van der Waals surface area (Å²) in [6, 6.07) is 9.06. The highest BCUT2D eigenvalue weighted by Gasteiger charge is 2.41. The van der Waals surface area contributed by atoms with Gasteiger partial charge in [0.05, 0.1) is 28.4 Å². The zero-order valence-corrected chi connectivity index (χ0v) is 20.6. The van der Waals surface area contributed by atoms with Crippen molar-refractivity contribution in [2.45, 2.75) is 36.1 Å². The van der Waals surface area contributed by atoms with Crippen molar-refractivity contribution in [2.75, 3.05) is 32.5 Å². The molecule has 4 rings (SSSR count). The average molecular weight is 507 g/mol. The highest BCUT2D eigenvalue weighted by molar-refractivity contribution is 8.01. The molecule has 1 aliphatic rings. The van der Waals surface area contributed by atoms with Crippen LogP contribution < -0.4 is 4.74 Å². The van der Waals surface area contributed by atoms with Crippen LogP contribution in [-0.4, -0.2) is 53.5 Å². The number of thioether (sulfide) groups is 1. The molecule has 9 heteroatoms. The number of benzene rings is 1. The predicted octanol–water partition coefficient (Wildman–Crippen LogP) is 6.19. The van der Waals surface area contributed by atoms with E-state index in [1.807, 2.05) is 6.07 Å². The number of nitrogens with zero attached hydrogens (tertiary/aromatic N) is 2. The Morgan fingerprint density at radius 1 is 1.35 bits per heavy atom. The molecular formula is C25H28F2N2O3S2. The number of carboxylic acids is 1. The van der Waals surface area contributed by atoms with Crippen LogP contribution in [0.1, 0.15) is 37.4 Å². The van der Waals surface area contributed by atoms with Crippen LogP contribution >= 0.6 is 23.1 Å². The molecule has 2 aromatic heterocycles. The largest absolute Gasteiger partial charge is 0.497 e. The monoisotopic (exact) mass is 506 g/mol. The molecule has 34 heavy (non-hydrogen) atoms. The minimum Gasteiger partial charge on any atom is -0.497 e. The summed E-state index contributed by atoms with van der Waals surface area (Å²) >= 11 is 3.52. The van der Waals surface area contributed by atoms with Gasteiger partial charge in [-0.1, -0.05) is 6.07 Å². The number of rotatable bonds is 10. The number of piperidine rings is 1. The smallest absolute Gasteiger partial charge is 0.309 e. The molecule has 0 radical (unpaired) electrons. The molecule has 1 N–H and O–H groups in total. The van der Waals surface area contributed by atoms with E-state index in [2.05, 4.69) is 21.3 Å². The number of fused-ring (bicyclic) bond motifs is 1. The topological polar surface area (TPSA) is 62.7 Å². The van der Waals surface area contributed by atoms with Crippen LogP contribution in [0.25, 0.3) is 10.9 Å². The van der Waals surface area contributed by atoms with Crippen LogP contribution in [0.3, 0.4) is 0 Å². The van der Waals surface area contributed by atoms with Crippen molar-refractivity contribution in [3.05, 3.63) is 53.3 Å². The predicted molar refractivity (Wildman–Crippen MR) is 132 cm³/mol. The number of pyridine rings is 1. The number of alkyl halides is 1. The number of carboxylic acid groups (broad SMARTS) is 1. The number of hydrogen-bond acceptors (Lipinski definition) is 6.